The van der Waals surface area contributed by atoms with Gasteiger partial charge in [-0.05, 0) is 142 Å². The van der Waals surface area contributed by atoms with Gasteiger partial charge in [0, 0.05) is 57.9 Å². The van der Waals surface area contributed by atoms with Crippen molar-refractivity contribution in [3.63, 3.8) is 0 Å². The molecule has 9 aromatic carbocycles. The molecule has 0 saturated carbocycles. The molecule has 2 atom stereocenters. The van der Waals surface area contributed by atoms with E-state index in [1.165, 1.54) is 22.3 Å². The maximum Gasteiger partial charge on any atom is 0.0462 e. The minimum absolute atomic E-state index is 0.657. The van der Waals surface area contributed by atoms with E-state index in [1.54, 1.807) is 0 Å². The monoisotopic (exact) mass is 1190 g/mol. The average Bonchev–Trinajstić information content (AvgIpc) is 3.38. The standard InChI is InChI=1S/C54H38I2N2O2P2S4/c55-65(63)61(59)53-35-31-51(32-36-53)58(52-33-37-54(38-34-52)62(60)66(56)64)50-29-25-46(26-30-50)44-21-17-42(18-22-44)40-13-11-39(12-14-40)41-15-19-43(20-16-41)45-23-27-49(28-24-45)57(47-7-3-1-4-8-47)48-9-5-2-6-10-48/h1-38H/q-2. The molecule has 0 aliphatic rings. The first kappa shape index (κ1) is 46.5. The Morgan fingerprint density at radius 1 is 0.288 bits per heavy atom. The molecule has 0 spiro atoms. The van der Waals surface area contributed by atoms with Gasteiger partial charge >= 0.3 is 0 Å². The van der Waals surface area contributed by atoms with Crippen molar-refractivity contribution in [1.82, 2.24) is 0 Å². The van der Waals surface area contributed by atoms with E-state index in [1.807, 2.05) is 60.7 Å². The molecular weight excluding hydrogens is 1150 g/mol. The van der Waals surface area contributed by atoms with Crippen LogP contribution in [0.2, 0.25) is 0 Å². The summed E-state index contributed by atoms with van der Waals surface area (Å²) in [7, 11) is 0. The van der Waals surface area contributed by atoms with Crippen LogP contribution in [0.5, 0.6) is 0 Å². The Labute approximate surface area is 423 Å². The van der Waals surface area contributed by atoms with Crippen LogP contribution < -0.4 is 20.4 Å². The first-order valence-electron chi connectivity index (χ1n) is 20.7. The molecule has 0 aromatic heterocycles. The third-order valence-electron chi connectivity index (χ3n) is 11.2. The van der Waals surface area contributed by atoms with Crippen molar-refractivity contribution in [3.8, 4) is 44.5 Å². The molecule has 0 N–H and O–H groups in total. The van der Waals surface area contributed by atoms with E-state index in [0.717, 1.165) is 67.0 Å². The van der Waals surface area contributed by atoms with Crippen molar-refractivity contribution in [3.05, 3.63) is 231 Å². The lowest BCUT2D eigenvalue weighted by Crippen LogP contribution is -2.11. The second-order valence-electron chi connectivity index (χ2n) is 15.1. The van der Waals surface area contributed by atoms with E-state index in [4.69, 9.17) is 22.4 Å². The van der Waals surface area contributed by atoms with E-state index in [9.17, 15) is 9.13 Å². The van der Waals surface area contributed by atoms with Crippen LogP contribution in [-0.2, 0) is 43.1 Å². The number of para-hydroxylation sites is 2. The Hall–Kier alpha value is -4.62. The quantitative estimate of drug-likeness (QED) is 0.0525. The second-order valence-corrected chi connectivity index (χ2v) is 38.7. The Morgan fingerprint density at radius 3 is 0.682 bits per heavy atom. The molecule has 0 aliphatic heterocycles. The Morgan fingerprint density at radius 2 is 0.470 bits per heavy atom. The van der Waals surface area contributed by atoms with Gasteiger partial charge in [-0.15, -0.1) is 0 Å². The highest BCUT2D eigenvalue weighted by Gasteiger charge is 2.15. The predicted molar refractivity (Wildman–Crippen MR) is 310 cm³/mol. The summed E-state index contributed by atoms with van der Waals surface area (Å²) >= 11 is 14.7. The normalized spacial score (nSPS) is 12.5. The van der Waals surface area contributed by atoms with Gasteiger partial charge in [0.25, 0.3) is 0 Å². The zero-order chi connectivity index (χ0) is 45.6. The molecule has 2 unspecified atom stereocenters. The molecule has 66 heavy (non-hydrogen) atoms. The molecular formula is C54H38I2N2O2P2S4-2. The lowest BCUT2D eigenvalue weighted by atomic mass is 9.97. The lowest BCUT2D eigenvalue weighted by Gasteiger charge is -2.26. The van der Waals surface area contributed by atoms with Gasteiger partial charge in [-0.2, -0.15) is 0 Å². The zero-order valence-corrected chi connectivity index (χ0v) is 44.3. The van der Waals surface area contributed by atoms with Crippen molar-refractivity contribution >= 4 is 134 Å². The van der Waals surface area contributed by atoms with Crippen LogP contribution in [0.25, 0.3) is 44.5 Å². The highest BCUT2D eigenvalue weighted by atomic mass is 127. The molecule has 12 heteroatoms. The van der Waals surface area contributed by atoms with Crippen LogP contribution in [0.15, 0.2) is 231 Å². The molecule has 0 aliphatic carbocycles. The minimum atomic E-state index is -1.65. The van der Waals surface area contributed by atoms with Crippen molar-refractivity contribution in [2.45, 2.75) is 0 Å². The summed E-state index contributed by atoms with van der Waals surface area (Å²) in [5.41, 5.74) is 15.3. The molecule has 9 rings (SSSR count). The van der Waals surface area contributed by atoms with Crippen LogP contribution in [0.1, 0.15) is 0 Å². The zero-order valence-electron chi connectivity index (χ0n) is 34.9. The van der Waals surface area contributed by atoms with E-state index < -0.39 is 24.8 Å². The number of benzene rings is 9. The third-order valence-corrected chi connectivity index (χ3v) is 24.8. The van der Waals surface area contributed by atoms with E-state index >= 15 is 0 Å². The molecule has 326 valence electrons. The summed E-state index contributed by atoms with van der Waals surface area (Å²) in [6, 6.07) is 79.9. The number of nitrogens with zero attached hydrogens (tertiary/aromatic N) is 2. The Bertz CT molecular complexity index is 3290. The number of halogens is 2. The predicted octanol–water partition coefficient (Wildman–Crippen LogP) is 16.9. The molecule has 0 heterocycles. The van der Waals surface area contributed by atoms with Crippen LogP contribution in [-0.4, -0.2) is 0 Å². The number of anilines is 6. The fraction of sp³-hybridized carbons (Fsp3) is 0. The molecule has 4 nitrogen and oxygen atoms in total. The van der Waals surface area contributed by atoms with E-state index in [-0.39, 0.29) is 0 Å². The summed E-state index contributed by atoms with van der Waals surface area (Å²) in [6.45, 7) is -3.31. The summed E-state index contributed by atoms with van der Waals surface area (Å²) in [6.07, 6.45) is 0. The molecule has 9 aromatic rings. The van der Waals surface area contributed by atoms with Gasteiger partial charge in [-0.25, -0.2) is 42.4 Å². The second kappa shape index (κ2) is 21.6. The first-order chi connectivity index (χ1) is 32.2. The number of rotatable bonds is 12. The molecule has 0 radical (unpaired) electrons. The molecule has 0 bridgehead atoms. The van der Waals surface area contributed by atoms with E-state index in [0.29, 0.717) is 0 Å². The van der Waals surface area contributed by atoms with E-state index in [2.05, 4.69) is 222 Å². The van der Waals surface area contributed by atoms with Gasteiger partial charge in [0.1, 0.15) is 0 Å². The van der Waals surface area contributed by atoms with Crippen molar-refractivity contribution in [1.29, 1.82) is 0 Å². The minimum Gasteiger partial charge on any atom is -0.311 e. The first-order valence-corrected chi connectivity index (χ1v) is 33.8. The third kappa shape index (κ3) is 10.7. The van der Waals surface area contributed by atoms with Gasteiger partial charge in [0.2, 0.25) is 0 Å². The number of hydrogen-bond acceptors (Lipinski definition) is 8. The maximum absolute atomic E-state index is 12.8. The molecule has 0 saturated heterocycles. The smallest absolute Gasteiger partial charge is 0.0462 e. The van der Waals surface area contributed by atoms with Gasteiger partial charge in [-0.3, -0.25) is 34.0 Å². The lowest BCUT2D eigenvalue weighted by molar-refractivity contribution is 0.601. The highest BCUT2D eigenvalue weighted by molar-refractivity contribution is 14.2. The number of hydrogen-bond donors (Lipinski definition) is 0. The highest BCUT2D eigenvalue weighted by Crippen LogP contribution is 2.38. The van der Waals surface area contributed by atoms with Crippen LogP contribution in [0.3, 0.4) is 0 Å². The largest absolute Gasteiger partial charge is 0.311 e. The average molecular weight is 1190 g/mol. The summed E-state index contributed by atoms with van der Waals surface area (Å²) in [5, 5.41) is 1.48. The summed E-state index contributed by atoms with van der Waals surface area (Å²) in [5.74, 6) is -1.31. The van der Waals surface area contributed by atoms with Crippen molar-refractivity contribution in [2.24, 2.45) is 0 Å². The topological polar surface area (TPSA) is 40.6 Å². The van der Waals surface area contributed by atoms with Crippen LogP contribution >= 0.6 is 55.6 Å². The van der Waals surface area contributed by atoms with Crippen molar-refractivity contribution in [2.75, 3.05) is 9.80 Å². The molecule has 0 fully saturated rings. The Kier molecular flexibility index (Phi) is 15.2. The van der Waals surface area contributed by atoms with Gasteiger partial charge in [0.15, 0.2) is 0 Å². The van der Waals surface area contributed by atoms with Gasteiger partial charge in [-0.1, -0.05) is 133 Å². The SMILES string of the molecule is O=P(c1ccc(N(c2ccc(-c3ccc(-c4ccc(-c5ccc(-c6ccc(N(c7ccccc7)c7ccccc7)cc6)cc5)cc4)cc3)cc2)c2ccc(P(=O)=[S-](=S)I)cc2)cc1)=[S-](=S)I. The fourth-order valence-electron chi connectivity index (χ4n) is 7.83. The van der Waals surface area contributed by atoms with Crippen LogP contribution in [0, 0.1) is 0 Å². The fourth-order valence-corrected chi connectivity index (χ4v) is 16.3. The molecule has 0 amide bonds. The van der Waals surface area contributed by atoms with Crippen molar-refractivity contribution < 1.29 is 9.13 Å². The Balaban J connectivity index is 0.895. The van der Waals surface area contributed by atoms with Crippen LogP contribution in [0.4, 0.5) is 34.1 Å². The summed E-state index contributed by atoms with van der Waals surface area (Å²) in [4.78, 5) is 4.41. The van der Waals surface area contributed by atoms with Gasteiger partial charge in [0.05, 0.1) is 0 Å². The van der Waals surface area contributed by atoms with Gasteiger partial charge < -0.3 is 18.9 Å². The summed E-state index contributed by atoms with van der Waals surface area (Å²) < 4.78 is 25.6. The maximum atomic E-state index is 12.8.